The third-order valence-corrected chi connectivity index (χ3v) is 7.04. The molecular weight excluding hydrogens is 383 g/mol. The Bertz CT molecular complexity index is 982. The van der Waals surface area contributed by atoms with Gasteiger partial charge in [0.15, 0.2) is 0 Å². The maximum Gasteiger partial charge on any atom is 0.306 e. The number of carbonyl (C=O) groups is 2. The zero-order chi connectivity index (χ0) is 21.4. The van der Waals surface area contributed by atoms with E-state index in [0.29, 0.717) is 24.9 Å². The summed E-state index contributed by atoms with van der Waals surface area (Å²) in [6.45, 7) is 6.53. The molecule has 2 aliphatic rings. The van der Waals surface area contributed by atoms with Crippen LogP contribution in [0.15, 0.2) is 36.5 Å². The highest BCUT2D eigenvalue weighted by Crippen LogP contribution is 2.41. The van der Waals surface area contributed by atoms with Crippen LogP contribution in [0.2, 0.25) is 0 Å². The normalized spacial score (nSPS) is 25.0. The number of likely N-dealkylation sites (tertiary alicyclic amines) is 1. The minimum atomic E-state index is -0.732. The second-order valence-electron chi connectivity index (χ2n) is 8.87. The first kappa shape index (κ1) is 20.6. The van der Waals surface area contributed by atoms with Crippen molar-refractivity contribution in [3.05, 3.63) is 47.9 Å². The molecule has 1 amide bonds. The molecule has 30 heavy (non-hydrogen) atoms. The van der Waals surface area contributed by atoms with Gasteiger partial charge in [-0.2, -0.15) is 0 Å². The Morgan fingerprint density at radius 1 is 1.30 bits per heavy atom. The number of carbonyl (C=O) groups excluding carboxylic acids is 1. The van der Waals surface area contributed by atoms with Crippen LogP contribution in [-0.4, -0.2) is 39.5 Å². The van der Waals surface area contributed by atoms with Crippen LogP contribution in [0.5, 0.6) is 0 Å². The summed E-state index contributed by atoms with van der Waals surface area (Å²) < 4.78 is 13.6. The molecule has 1 aliphatic carbocycles. The van der Waals surface area contributed by atoms with Gasteiger partial charge in [0.2, 0.25) is 5.91 Å². The van der Waals surface area contributed by atoms with E-state index in [1.54, 1.807) is 6.07 Å². The molecule has 4 atom stereocenters. The Balaban J connectivity index is 1.57. The Hall–Kier alpha value is -2.63. The molecule has 1 aliphatic heterocycles. The first-order valence-corrected chi connectivity index (χ1v) is 10.8. The molecule has 4 rings (SSSR count). The number of nitrogens with zero attached hydrogens (tertiary/aromatic N) is 1. The summed E-state index contributed by atoms with van der Waals surface area (Å²) in [5.74, 6) is -1.45. The Morgan fingerprint density at radius 3 is 2.80 bits per heavy atom. The number of benzene rings is 1. The van der Waals surface area contributed by atoms with Crippen molar-refractivity contribution in [2.45, 2.75) is 57.4 Å². The van der Waals surface area contributed by atoms with Gasteiger partial charge in [-0.3, -0.25) is 9.59 Å². The summed E-state index contributed by atoms with van der Waals surface area (Å²) >= 11 is 0. The summed E-state index contributed by atoms with van der Waals surface area (Å²) in [6.07, 6.45) is 6.49. The van der Waals surface area contributed by atoms with Crippen molar-refractivity contribution in [3.63, 3.8) is 0 Å². The Morgan fingerprint density at radius 2 is 2.07 bits per heavy atom. The highest BCUT2D eigenvalue weighted by molar-refractivity contribution is 5.86. The number of carboxylic acids is 1. The van der Waals surface area contributed by atoms with E-state index in [1.165, 1.54) is 12.1 Å². The number of halogens is 1. The second kappa shape index (κ2) is 8.25. The van der Waals surface area contributed by atoms with Crippen molar-refractivity contribution in [1.82, 2.24) is 9.88 Å². The maximum absolute atomic E-state index is 13.6. The van der Waals surface area contributed by atoms with Gasteiger partial charge in [0, 0.05) is 42.0 Å². The number of H-pyrrole nitrogens is 1. The van der Waals surface area contributed by atoms with Crippen LogP contribution >= 0.6 is 0 Å². The van der Waals surface area contributed by atoms with Gasteiger partial charge >= 0.3 is 5.97 Å². The highest BCUT2D eigenvalue weighted by atomic mass is 19.1. The third kappa shape index (κ3) is 3.75. The monoisotopic (exact) mass is 412 g/mol. The second-order valence-corrected chi connectivity index (χ2v) is 8.87. The van der Waals surface area contributed by atoms with Crippen LogP contribution in [0.25, 0.3) is 10.9 Å². The van der Waals surface area contributed by atoms with Gasteiger partial charge in [0.1, 0.15) is 5.82 Å². The third-order valence-electron chi connectivity index (χ3n) is 7.04. The zero-order valence-corrected chi connectivity index (χ0v) is 17.4. The van der Waals surface area contributed by atoms with E-state index in [0.717, 1.165) is 42.2 Å². The van der Waals surface area contributed by atoms with Crippen molar-refractivity contribution < 1.29 is 19.1 Å². The zero-order valence-electron chi connectivity index (χ0n) is 17.4. The molecular formula is C24H29FN2O3. The fourth-order valence-electron chi connectivity index (χ4n) is 5.52. The van der Waals surface area contributed by atoms with Crippen molar-refractivity contribution in [1.29, 1.82) is 0 Å². The molecule has 1 saturated heterocycles. The van der Waals surface area contributed by atoms with Crippen LogP contribution in [0.3, 0.4) is 0 Å². The molecule has 0 bridgehead atoms. The van der Waals surface area contributed by atoms with E-state index in [-0.39, 0.29) is 35.5 Å². The summed E-state index contributed by atoms with van der Waals surface area (Å²) in [7, 11) is 0. The molecule has 1 aromatic carbocycles. The van der Waals surface area contributed by atoms with Crippen molar-refractivity contribution in [2.24, 2.45) is 11.8 Å². The molecule has 0 spiro atoms. The molecule has 3 unspecified atom stereocenters. The number of piperidine rings is 1. The first-order valence-electron chi connectivity index (χ1n) is 10.8. The van der Waals surface area contributed by atoms with E-state index in [2.05, 4.69) is 11.6 Å². The highest BCUT2D eigenvalue weighted by Gasteiger charge is 2.44. The lowest BCUT2D eigenvalue weighted by atomic mass is 9.71. The topological polar surface area (TPSA) is 73.4 Å². The first-order chi connectivity index (χ1) is 14.4. The van der Waals surface area contributed by atoms with Crippen molar-refractivity contribution in [3.8, 4) is 0 Å². The van der Waals surface area contributed by atoms with Gasteiger partial charge in [-0.15, -0.1) is 0 Å². The van der Waals surface area contributed by atoms with Crippen LogP contribution in [0, 0.1) is 17.7 Å². The number of amides is 1. The fourth-order valence-corrected chi connectivity index (χ4v) is 5.52. The summed E-state index contributed by atoms with van der Waals surface area (Å²) in [5, 5.41) is 10.5. The fraction of sp³-hybridized carbons (Fsp3) is 0.500. The van der Waals surface area contributed by atoms with Gasteiger partial charge in [0.05, 0.1) is 5.92 Å². The van der Waals surface area contributed by atoms with E-state index in [1.807, 2.05) is 18.0 Å². The summed E-state index contributed by atoms with van der Waals surface area (Å²) in [4.78, 5) is 30.2. The Kier molecular flexibility index (Phi) is 5.67. The summed E-state index contributed by atoms with van der Waals surface area (Å²) in [6, 6.07) is 4.65. The number of nitrogens with one attached hydrogen (secondary N) is 1. The lowest BCUT2D eigenvalue weighted by Crippen LogP contribution is -2.54. The van der Waals surface area contributed by atoms with Crippen LogP contribution < -0.4 is 0 Å². The molecule has 5 nitrogen and oxygen atoms in total. The maximum atomic E-state index is 13.6. The SMILES string of the molecule is C=C(C)[C@@H](CC(=O)N1CCC(C(=O)O)C2CCCCC21)c1c[nH]c2cc(F)ccc12. The van der Waals surface area contributed by atoms with Gasteiger partial charge in [-0.05, 0) is 55.9 Å². The van der Waals surface area contributed by atoms with Gasteiger partial charge in [-0.25, -0.2) is 4.39 Å². The molecule has 1 saturated carbocycles. The average Bonchev–Trinajstić information content (AvgIpc) is 3.13. The van der Waals surface area contributed by atoms with Gasteiger partial charge in [-0.1, -0.05) is 25.0 Å². The van der Waals surface area contributed by atoms with E-state index in [4.69, 9.17) is 0 Å². The minimum Gasteiger partial charge on any atom is -0.481 e. The molecule has 2 N–H and O–H groups in total. The van der Waals surface area contributed by atoms with Gasteiger partial charge in [0.25, 0.3) is 0 Å². The Labute approximate surface area is 176 Å². The number of aromatic nitrogens is 1. The number of rotatable bonds is 5. The lowest BCUT2D eigenvalue weighted by molar-refractivity contribution is -0.153. The number of aliphatic carboxylic acids is 1. The number of aromatic amines is 1. The predicted octanol–water partition coefficient (Wildman–Crippen LogP) is 4.85. The number of fused-ring (bicyclic) bond motifs is 2. The van der Waals surface area contributed by atoms with Crippen LogP contribution in [0.4, 0.5) is 4.39 Å². The molecule has 2 fully saturated rings. The summed E-state index contributed by atoms with van der Waals surface area (Å²) in [5.41, 5.74) is 2.54. The molecule has 2 heterocycles. The number of carboxylic acid groups (broad SMARTS) is 1. The van der Waals surface area contributed by atoms with Crippen LogP contribution in [0.1, 0.15) is 56.9 Å². The molecule has 160 valence electrons. The smallest absolute Gasteiger partial charge is 0.306 e. The molecule has 1 aromatic heterocycles. The van der Waals surface area contributed by atoms with E-state index >= 15 is 0 Å². The number of allylic oxidation sites excluding steroid dienone is 1. The van der Waals surface area contributed by atoms with Crippen LogP contribution in [-0.2, 0) is 9.59 Å². The number of hydrogen-bond acceptors (Lipinski definition) is 2. The number of hydrogen-bond donors (Lipinski definition) is 2. The lowest BCUT2D eigenvalue weighted by Gasteiger charge is -2.47. The van der Waals surface area contributed by atoms with E-state index < -0.39 is 5.97 Å². The molecule has 6 heteroatoms. The predicted molar refractivity (Wildman–Crippen MR) is 114 cm³/mol. The van der Waals surface area contributed by atoms with E-state index in [9.17, 15) is 19.1 Å². The van der Waals surface area contributed by atoms with Crippen molar-refractivity contribution >= 4 is 22.8 Å². The minimum absolute atomic E-state index is 0.0175. The standard InChI is InChI=1S/C24H29FN2O3/c1-14(2)19(20-13-26-21-11-15(25)7-8-16(20)21)12-23(28)27-10-9-18(24(29)30)17-5-3-4-6-22(17)27/h7-8,11,13,17-19,22,26H,1,3-6,9-10,12H2,2H3,(H,29,30)/t17?,18?,19-,22?/m1/s1. The van der Waals surface area contributed by atoms with Gasteiger partial charge < -0.3 is 15.0 Å². The molecule has 0 radical (unpaired) electrons. The quantitative estimate of drug-likeness (QED) is 0.690. The molecule has 2 aromatic rings. The average molecular weight is 413 g/mol. The van der Waals surface area contributed by atoms with Crippen molar-refractivity contribution in [2.75, 3.05) is 6.54 Å². The largest absolute Gasteiger partial charge is 0.481 e.